The Labute approximate surface area is 173 Å². The van der Waals surface area contributed by atoms with Crippen LogP contribution in [0, 0.1) is 6.92 Å². The van der Waals surface area contributed by atoms with Crippen molar-refractivity contribution in [3.63, 3.8) is 0 Å². The van der Waals surface area contributed by atoms with Gasteiger partial charge in [-0.3, -0.25) is 4.79 Å². The highest BCUT2D eigenvalue weighted by Gasteiger charge is 2.18. The molecule has 2 heterocycles. The Balaban J connectivity index is 1.32. The SMILES string of the molecule is Cc1c(C(=O)OCC(=O)Nc2ccc(N3CCOCC3)cc2)sc2ccccc12. The highest BCUT2D eigenvalue weighted by Crippen LogP contribution is 2.31. The number of hydrogen-bond donors (Lipinski definition) is 1. The number of hydrogen-bond acceptors (Lipinski definition) is 6. The molecule has 7 heteroatoms. The third-order valence-electron chi connectivity index (χ3n) is 4.89. The van der Waals surface area contributed by atoms with Crippen LogP contribution in [0.2, 0.25) is 0 Å². The standard InChI is InChI=1S/C22H22N2O4S/c1-15-18-4-2-3-5-19(18)29-21(15)22(26)28-14-20(25)23-16-6-8-17(9-7-16)24-10-12-27-13-11-24/h2-9H,10-14H2,1H3,(H,23,25). The lowest BCUT2D eigenvalue weighted by Gasteiger charge is -2.28. The molecule has 2 aromatic carbocycles. The van der Waals surface area contributed by atoms with E-state index in [9.17, 15) is 9.59 Å². The van der Waals surface area contributed by atoms with Gasteiger partial charge >= 0.3 is 5.97 Å². The van der Waals surface area contributed by atoms with Gasteiger partial charge in [0.2, 0.25) is 0 Å². The number of morpholine rings is 1. The minimum Gasteiger partial charge on any atom is -0.451 e. The van der Waals surface area contributed by atoms with Gasteiger partial charge < -0.3 is 19.7 Å². The largest absolute Gasteiger partial charge is 0.451 e. The fraction of sp³-hybridized carbons (Fsp3) is 0.273. The predicted octanol–water partition coefficient (Wildman–Crippen LogP) is 3.84. The molecule has 1 aliphatic rings. The van der Waals surface area contributed by atoms with E-state index in [2.05, 4.69) is 10.2 Å². The van der Waals surface area contributed by atoms with E-state index in [0.29, 0.717) is 10.6 Å². The molecule has 1 saturated heterocycles. The first-order valence-electron chi connectivity index (χ1n) is 9.49. The number of carbonyl (C=O) groups excluding carboxylic acids is 2. The van der Waals surface area contributed by atoms with Gasteiger partial charge in [0.1, 0.15) is 4.88 Å². The summed E-state index contributed by atoms with van der Waals surface area (Å²) in [6.07, 6.45) is 0. The molecule has 0 aliphatic carbocycles. The fourth-order valence-corrected chi connectivity index (χ4v) is 4.44. The number of aryl methyl sites for hydroxylation is 1. The number of esters is 1. The van der Waals surface area contributed by atoms with E-state index in [1.165, 1.54) is 11.3 Å². The first kappa shape index (κ1) is 19.4. The van der Waals surface area contributed by atoms with Crippen molar-refractivity contribution in [2.24, 2.45) is 0 Å². The highest BCUT2D eigenvalue weighted by atomic mass is 32.1. The van der Waals surface area contributed by atoms with Crippen LogP contribution in [-0.4, -0.2) is 44.8 Å². The number of nitrogens with one attached hydrogen (secondary N) is 1. The van der Waals surface area contributed by atoms with Crippen molar-refractivity contribution in [1.82, 2.24) is 0 Å². The summed E-state index contributed by atoms with van der Waals surface area (Å²) in [6.45, 7) is 4.74. The first-order valence-corrected chi connectivity index (χ1v) is 10.3. The van der Waals surface area contributed by atoms with E-state index in [1.54, 1.807) is 0 Å². The lowest BCUT2D eigenvalue weighted by atomic mass is 10.1. The van der Waals surface area contributed by atoms with Gasteiger partial charge in [0, 0.05) is 29.2 Å². The molecule has 0 spiro atoms. The minimum absolute atomic E-state index is 0.322. The van der Waals surface area contributed by atoms with E-state index in [0.717, 1.165) is 47.6 Å². The molecular weight excluding hydrogens is 388 g/mol. The monoisotopic (exact) mass is 410 g/mol. The van der Waals surface area contributed by atoms with E-state index < -0.39 is 5.97 Å². The molecule has 4 rings (SSSR count). The van der Waals surface area contributed by atoms with E-state index in [4.69, 9.17) is 9.47 Å². The van der Waals surface area contributed by atoms with Gasteiger partial charge in [0.15, 0.2) is 6.61 Å². The summed E-state index contributed by atoms with van der Waals surface area (Å²) in [4.78, 5) is 27.4. The second kappa shape index (κ2) is 8.63. The van der Waals surface area contributed by atoms with Crippen molar-refractivity contribution < 1.29 is 19.1 Å². The van der Waals surface area contributed by atoms with Gasteiger partial charge in [-0.1, -0.05) is 18.2 Å². The third kappa shape index (κ3) is 4.41. The minimum atomic E-state index is -0.471. The number of anilines is 2. The number of amides is 1. The summed E-state index contributed by atoms with van der Waals surface area (Å²) in [6, 6.07) is 15.4. The molecule has 0 saturated carbocycles. The van der Waals surface area contributed by atoms with E-state index in [1.807, 2.05) is 55.5 Å². The predicted molar refractivity (Wildman–Crippen MR) is 115 cm³/mol. The first-order chi connectivity index (χ1) is 14.1. The van der Waals surface area contributed by atoms with Gasteiger partial charge in [-0.15, -0.1) is 11.3 Å². The summed E-state index contributed by atoms with van der Waals surface area (Å²) in [7, 11) is 0. The molecule has 1 aromatic heterocycles. The number of thiophene rings is 1. The molecule has 150 valence electrons. The van der Waals surface area contributed by atoms with Crippen molar-refractivity contribution >= 4 is 44.7 Å². The number of benzene rings is 2. The Bertz CT molecular complexity index is 1020. The van der Waals surface area contributed by atoms with Crippen LogP contribution in [0.4, 0.5) is 11.4 Å². The van der Waals surface area contributed by atoms with Crippen LogP contribution in [-0.2, 0) is 14.3 Å². The van der Waals surface area contributed by atoms with Crippen LogP contribution in [0.15, 0.2) is 48.5 Å². The van der Waals surface area contributed by atoms with Crippen LogP contribution in [0.1, 0.15) is 15.2 Å². The quantitative estimate of drug-likeness (QED) is 0.648. The number of nitrogens with zero attached hydrogens (tertiary/aromatic N) is 1. The molecule has 0 unspecified atom stereocenters. The zero-order valence-electron chi connectivity index (χ0n) is 16.1. The van der Waals surface area contributed by atoms with Crippen molar-refractivity contribution in [2.45, 2.75) is 6.92 Å². The van der Waals surface area contributed by atoms with Crippen molar-refractivity contribution in [1.29, 1.82) is 0 Å². The molecule has 6 nitrogen and oxygen atoms in total. The highest BCUT2D eigenvalue weighted by molar-refractivity contribution is 7.21. The normalized spacial score (nSPS) is 14.0. The molecule has 1 fully saturated rings. The second-order valence-corrected chi connectivity index (χ2v) is 7.88. The Morgan fingerprint density at radius 1 is 1.10 bits per heavy atom. The molecule has 3 aromatic rings. The van der Waals surface area contributed by atoms with Crippen LogP contribution >= 0.6 is 11.3 Å². The summed E-state index contributed by atoms with van der Waals surface area (Å²) in [5, 5.41) is 3.80. The maximum atomic E-state index is 12.4. The lowest BCUT2D eigenvalue weighted by Crippen LogP contribution is -2.36. The van der Waals surface area contributed by atoms with Crippen molar-refractivity contribution in [3.8, 4) is 0 Å². The lowest BCUT2D eigenvalue weighted by molar-refractivity contribution is -0.119. The Hall–Kier alpha value is -2.90. The van der Waals surface area contributed by atoms with Crippen LogP contribution in [0.25, 0.3) is 10.1 Å². The Morgan fingerprint density at radius 3 is 2.55 bits per heavy atom. The number of carbonyl (C=O) groups is 2. The Morgan fingerprint density at radius 2 is 1.83 bits per heavy atom. The zero-order valence-corrected chi connectivity index (χ0v) is 17.0. The summed E-state index contributed by atoms with van der Waals surface area (Å²) in [5.74, 6) is -0.835. The Kier molecular flexibility index (Phi) is 5.78. The van der Waals surface area contributed by atoms with Gasteiger partial charge in [0.25, 0.3) is 5.91 Å². The third-order valence-corrected chi connectivity index (χ3v) is 6.14. The topological polar surface area (TPSA) is 67.9 Å². The molecule has 0 radical (unpaired) electrons. The molecular formula is C22H22N2O4S. The average molecular weight is 410 g/mol. The van der Waals surface area contributed by atoms with Crippen LogP contribution < -0.4 is 10.2 Å². The van der Waals surface area contributed by atoms with Crippen LogP contribution in [0.3, 0.4) is 0 Å². The zero-order chi connectivity index (χ0) is 20.2. The maximum absolute atomic E-state index is 12.4. The number of fused-ring (bicyclic) bond motifs is 1. The number of rotatable bonds is 5. The molecule has 1 aliphatic heterocycles. The van der Waals surface area contributed by atoms with Gasteiger partial charge in [0.05, 0.1) is 13.2 Å². The summed E-state index contributed by atoms with van der Waals surface area (Å²) in [5.41, 5.74) is 2.65. The van der Waals surface area contributed by atoms with Gasteiger partial charge in [-0.2, -0.15) is 0 Å². The van der Waals surface area contributed by atoms with Gasteiger partial charge in [-0.05, 0) is 48.2 Å². The van der Waals surface area contributed by atoms with E-state index >= 15 is 0 Å². The summed E-state index contributed by atoms with van der Waals surface area (Å²) < 4.78 is 11.6. The van der Waals surface area contributed by atoms with Crippen LogP contribution in [0.5, 0.6) is 0 Å². The summed E-state index contributed by atoms with van der Waals surface area (Å²) >= 11 is 1.38. The maximum Gasteiger partial charge on any atom is 0.349 e. The van der Waals surface area contributed by atoms with Crippen molar-refractivity contribution in [3.05, 3.63) is 59.0 Å². The fourth-order valence-electron chi connectivity index (χ4n) is 3.34. The van der Waals surface area contributed by atoms with E-state index in [-0.39, 0.29) is 12.5 Å². The molecule has 1 amide bonds. The van der Waals surface area contributed by atoms with Crippen molar-refractivity contribution in [2.75, 3.05) is 43.1 Å². The molecule has 1 N–H and O–H groups in total. The molecule has 0 atom stereocenters. The molecule has 29 heavy (non-hydrogen) atoms. The second-order valence-electron chi connectivity index (χ2n) is 6.82. The smallest absolute Gasteiger partial charge is 0.349 e. The van der Waals surface area contributed by atoms with Gasteiger partial charge in [-0.25, -0.2) is 4.79 Å². The molecule has 0 bridgehead atoms. The number of ether oxygens (including phenoxy) is 2. The average Bonchev–Trinajstić information content (AvgIpc) is 3.10.